The Bertz CT molecular complexity index is 534. The predicted octanol–water partition coefficient (Wildman–Crippen LogP) is 2.58. The van der Waals surface area contributed by atoms with Crippen LogP contribution in [0, 0.1) is 0 Å². The second-order valence-corrected chi connectivity index (χ2v) is 7.88. The maximum atomic E-state index is 4.69. The van der Waals surface area contributed by atoms with Gasteiger partial charge in [-0.05, 0) is 39.4 Å². The summed E-state index contributed by atoms with van der Waals surface area (Å²) in [5, 5.41) is 10.0. The van der Waals surface area contributed by atoms with Crippen LogP contribution in [-0.2, 0) is 6.54 Å². The number of halogens is 1. The zero-order chi connectivity index (χ0) is 18.1. The third kappa shape index (κ3) is 8.49. The molecular weight excluding hydrogens is 459 g/mol. The number of aromatic nitrogens is 1. The minimum Gasteiger partial charge on any atom is -0.357 e. The number of hydrogen-bond acceptors (Lipinski definition) is 5. The number of rotatable bonds is 7. The normalized spacial score (nSPS) is 17.0. The fraction of sp³-hybridized carbons (Fsp3) is 0.778. The largest absolute Gasteiger partial charge is 0.357 e. The lowest BCUT2D eigenvalue weighted by molar-refractivity contribution is 0.280. The van der Waals surface area contributed by atoms with Crippen LogP contribution >= 0.6 is 35.3 Å². The average Bonchev–Trinajstić information content (AvgIpc) is 2.97. The molecule has 8 heteroatoms. The number of aliphatic imine (C=N–C) groups is 1. The van der Waals surface area contributed by atoms with Crippen molar-refractivity contribution >= 4 is 41.3 Å². The van der Waals surface area contributed by atoms with Crippen LogP contribution in [-0.4, -0.2) is 73.6 Å². The van der Waals surface area contributed by atoms with Gasteiger partial charge < -0.3 is 20.4 Å². The quantitative estimate of drug-likeness (QED) is 0.347. The number of thiazole rings is 1. The van der Waals surface area contributed by atoms with Gasteiger partial charge in [0.1, 0.15) is 5.01 Å². The van der Waals surface area contributed by atoms with Crippen molar-refractivity contribution in [2.75, 3.05) is 52.9 Å². The second kappa shape index (κ2) is 12.9. The molecule has 150 valence electrons. The Kier molecular flexibility index (Phi) is 11.7. The van der Waals surface area contributed by atoms with E-state index in [1.807, 2.05) is 0 Å². The fourth-order valence-electron chi connectivity index (χ4n) is 2.81. The summed E-state index contributed by atoms with van der Waals surface area (Å²) in [7, 11) is 2.21. The summed E-state index contributed by atoms with van der Waals surface area (Å²) in [4.78, 5) is 14.3. The number of hydrogen-bond donors (Lipinski definition) is 2. The third-order valence-electron chi connectivity index (χ3n) is 4.41. The van der Waals surface area contributed by atoms with Crippen LogP contribution in [0.1, 0.15) is 43.8 Å². The van der Waals surface area contributed by atoms with Gasteiger partial charge in [-0.25, -0.2) is 9.98 Å². The summed E-state index contributed by atoms with van der Waals surface area (Å²) < 4.78 is 0. The molecule has 2 N–H and O–H groups in total. The molecule has 2 heterocycles. The first-order valence-electron chi connectivity index (χ1n) is 9.46. The molecule has 0 aliphatic carbocycles. The van der Waals surface area contributed by atoms with E-state index in [2.05, 4.69) is 63.6 Å². The molecule has 0 atom stereocenters. The molecule has 1 aromatic rings. The molecule has 0 bridgehead atoms. The summed E-state index contributed by atoms with van der Waals surface area (Å²) in [5.41, 5.74) is 1.17. The Hall–Kier alpha value is -0.450. The maximum absolute atomic E-state index is 4.69. The lowest BCUT2D eigenvalue weighted by Crippen LogP contribution is -2.42. The molecule has 0 amide bonds. The van der Waals surface area contributed by atoms with Crippen LogP contribution in [0.5, 0.6) is 0 Å². The van der Waals surface area contributed by atoms with Crippen molar-refractivity contribution in [3.8, 4) is 0 Å². The minimum atomic E-state index is 0. The molecule has 0 aromatic carbocycles. The highest BCUT2D eigenvalue weighted by atomic mass is 127. The molecule has 26 heavy (non-hydrogen) atoms. The molecule has 1 aliphatic heterocycles. The van der Waals surface area contributed by atoms with Gasteiger partial charge >= 0.3 is 0 Å². The number of nitrogens with zero attached hydrogens (tertiary/aromatic N) is 4. The van der Waals surface area contributed by atoms with Gasteiger partial charge in [0, 0.05) is 38.1 Å². The van der Waals surface area contributed by atoms with Crippen molar-refractivity contribution in [3.63, 3.8) is 0 Å². The van der Waals surface area contributed by atoms with Crippen molar-refractivity contribution in [2.45, 2.75) is 39.7 Å². The van der Waals surface area contributed by atoms with Crippen LogP contribution in [0.4, 0.5) is 0 Å². The van der Waals surface area contributed by atoms with Crippen LogP contribution in [0.2, 0.25) is 0 Å². The van der Waals surface area contributed by atoms with Gasteiger partial charge in [-0.3, -0.25) is 0 Å². The SMILES string of the molecule is CCNC(=NCc1nc(C(C)C)cs1)NCCN1CCCN(C)CC1.I. The standard InChI is InChI=1S/C18H34N6S.HI/c1-5-19-18(21-13-17-22-16(14-25-17)15(2)3)20-7-10-24-9-6-8-23(4)11-12-24;/h14-15H,5-13H2,1-4H3,(H2,19,20,21);1H. The van der Waals surface area contributed by atoms with Crippen LogP contribution in [0.3, 0.4) is 0 Å². The summed E-state index contributed by atoms with van der Waals surface area (Å²) >= 11 is 1.70. The van der Waals surface area contributed by atoms with E-state index < -0.39 is 0 Å². The van der Waals surface area contributed by atoms with Crippen molar-refractivity contribution in [1.29, 1.82) is 0 Å². The molecule has 1 aliphatic rings. The smallest absolute Gasteiger partial charge is 0.191 e. The van der Waals surface area contributed by atoms with Crippen LogP contribution < -0.4 is 10.6 Å². The molecule has 6 nitrogen and oxygen atoms in total. The third-order valence-corrected chi connectivity index (χ3v) is 5.26. The Morgan fingerprint density at radius 2 is 2.08 bits per heavy atom. The van der Waals surface area contributed by atoms with Gasteiger partial charge in [-0.2, -0.15) is 0 Å². The summed E-state index contributed by atoms with van der Waals surface area (Å²) in [6.07, 6.45) is 1.26. The van der Waals surface area contributed by atoms with Gasteiger partial charge in [0.05, 0.1) is 12.2 Å². The van der Waals surface area contributed by atoms with E-state index in [4.69, 9.17) is 0 Å². The average molecular weight is 494 g/mol. The van der Waals surface area contributed by atoms with Gasteiger partial charge in [0.15, 0.2) is 5.96 Å². The molecule has 0 saturated carbocycles. The first-order valence-corrected chi connectivity index (χ1v) is 10.3. The molecule has 1 aromatic heterocycles. The van der Waals surface area contributed by atoms with E-state index in [1.165, 1.54) is 25.2 Å². The second-order valence-electron chi connectivity index (χ2n) is 6.94. The molecule has 1 fully saturated rings. The van der Waals surface area contributed by atoms with Crippen molar-refractivity contribution < 1.29 is 0 Å². The Balaban J connectivity index is 0.00000338. The Morgan fingerprint density at radius 1 is 1.27 bits per heavy atom. The van der Waals surface area contributed by atoms with Gasteiger partial charge in [0.25, 0.3) is 0 Å². The zero-order valence-electron chi connectivity index (χ0n) is 16.6. The Morgan fingerprint density at radius 3 is 2.77 bits per heavy atom. The van der Waals surface area contributed by atoms with Gasteiger partial charge in [0.2, 0.25) is 0 Å². The monoisotopic (exact) mass is 494 g/mol. The number of nitrogens with one attached hydrogen (secondary N) is 2. The molecule has 0 spiro atoms. The van der Waals surface area contributed by atoms with Crippen molar-refractivity contribution in [1.82, 2.24) is 25.4 Å². The van der Waals surface area contributed by atoms with E-state index >= 15 is 0 Å². The topological polar surface area (TPSA) is 55.8 Å². The first kappa shape index (κ1) is 23.6. The van der Waals surface area contributed by atoms with E-state index in [0.29, 0.717) is 12.5 Å². The molecule has 2 rings (SSSR count). The van der Waals surface area contributed by atoms with Crippen molar-refractivity contribution in [3.05, 3.63) is 16.1 Å². The van der Waals surface area contributed by atoms with Gasteiger partial charge in [-0.15, -0.1) is 35.3 Å². The molecular formula is C18H35IN6S. The highest BCUT2D eigenvalue weighted by Crippen LogP contribution is 2.18. The number of guanidine groups is 1. The summed E-state index contributed by atoms with van der Waals surface area (Å²) in [5.74, 6) is 1.36. The van der Waals surface area contributed by atoms with E-state index in [1.54, 1.807) is 11.3 Å². The lowest BCUT2D eigenvalue weighted by Gasteiger charge is -2.21. The maximum Gasteiger partial charge on any atom is 0.191 e. The first-order chi connectivity index (χ1) is 12.1. The minimum absolute atomic E-state index is 0. The highest BCUT2D eigenvalue weighted by molar-refractivity contribution is 14.0. The summed E-state index contributed by atoms with van der Waals surface area (Å²) in [6.45, 7) is 14.7. The van der Waals surface area contributed by atoms with Crippen LogP contribution in [0.15, 0.2) is 10.4 Å². The summed E-state index contributed by atoms with van der Waals surface area (Å²) in [6, 6.07) is 0. The molecule has 0 unspecified atom stereocenters. The molecule has 0 radical (unpaired) electrons. The van der Waals surface area contributed by atoms with Crippen LogP contribution in [0.25, 0.3) is 0 Å². The number of likely N-dealkylation sites (N-methyl/N-ethyl adjacent to an activating group) is 1. The Labute approximate surface area is 179 Å². The molecule has 1 saturated heterocycles. The van der Waals surface area contributed by atoms with E-state index in [-0.39, 0.29) is 24.0 Å². The van der Waals surface area contributed by atoms with E-state index in [0.717, 1.165) is 43.7 Å². The van der Waals surface area contributed by atoms with Crippen molar-refractivity contribution in [2.24, 2.45) is 4.99 Å². The lowest BCUT2D eigenvalue weighted by atomic mass is 10.2. The fourth-order valence-corrected chi connectivity index (χ4v) is 3.69. The highest BCUT2D eigenvalue weighted by Gasteiger charge is 2.11. The zero-order valence-corrected chi connectivity index (χ0v) is 19.8. The van der Waals surface area contributed by atoms with Gasteiger partial charge in [-0.1, -0.05) is 13.8 Å². The predicted molar refractivity (Wildman–Crippen MR) is 123 cm³/mol. The van der Waals surface area contributed by atoms with E-state index in [9.17, 15) is 0 Å².